The topological polar surface area (TPSA) is 32.3 Å². The van der Waals surface area contributed by atoms with Gasteiger partial charge >= 0.3 is 0 Å². The predicted molar refractivity (Wildman–Crippen MR) is 92.3 cm³/mol. The summed E-state index contributed by atoms with van der Waals surface area (Å²) in [5, 5.41) is 3.35. The van der Waals surface area contributed by atoms with Crippen molar-refractivity contribution in [1.82, 2.24) is 10.2 Å². The maximum Gasteiger partial charge on any atom is 0.226 e. The number of aryl methyl sites for hydroxylation is 2. The Kier molecular flexibility index (Phi) is 5.87. The smallest absolute Gasteiger partial charge is 0.226 e. The molecule has 0 bridgehead atoms. The average molecular weight is 323 g/mol. The Labute approximate surface area is 139 Å². The fraction of sp³-hybridized carbons (Fsp3) is 0.611. The van der Waals surface area contributed by atoms with Gasteiger partial charge in [-0.1, -0.05) is 18.2 Å². The summed E-state index contributed by atoms with van der Waals surface area (Å²) in [6, 6.07) is 7.08. The van der Waals surface area contributed by atoms with Gasteiger partial charge in [-0.25, -0.2) is 0 Å². The highest BCUT2D eigenvalue weighted by molar-refractivity contribution is 5.85. The minimum absolute atomic E-state index is 0. The molecule has 4 heteroatoms. The molecule has 0 aromatic heterocycles. The zero-order chi connectivity index (χ0) is 14.8. The molecule has 1 aromatic carbocycles. The third-order valence-electron chi connectivity index (χ3n) is 4.88. The number of carbonyl (C=O) groups excluding carboxylic acids is 1. The lowest BCUT2D eigenvalue weighted by Crippen LogP contribution is -2.41. The average Bonchev–Trinajstić information content (AvgIpc) is 3.33. The highest BCUT2D eigenvalue weighted by Gasteiger charge is 2.36. The number of rotatable bonds is 4. The van der Waals surface area contributed by atoms with E-state index in [2.05, 4.69) is 42.3 Å². The molecule has 2 aliphatic rings. The Morgan fingerprint density at radius 3 is 2.41 bits per heavy atom. The molecule has 0 radical (unpaired) electrons. The lowest BCUT2D eigenvalue weighted by molar-refractivity contribution is -0.137. The Bertz CT molecular complexity index is 522. The highest BCUT2D eigenvalue weighted by Crippen LogP contribution is 2.31. The SMILES string of the molecule is Cc1ccc(CN(C(=O)C2CCNCC2)C2CC2)cc1C.Cl. The fourth-order valence-corrected chi connectivity index (χ4v) is 3.18. The summed E-state index contributed by atoms with van der Waals surface area (Å²) in [5.41, 5.74) is 3.91. The Morgan fingerprint density at radius 2 is 1.82 bits per heavy atom. The number of hydrogen-bond donors (Lipinski definition) is 1. The molecule has 1 saturated carbocycles. The van der Waals surface area contributed by atoms with Gasteiger partial charge in [0.2, 0.25) is 5.91 Å². The Morgan fingerprint density at radius 1 is 1.14 bits per heavy atom. The number of amides is 1. The van der Waals surface area contributed by atoms with E-state index in [1.807, 2.05) is 0 Å². The van der Waals surface area contributed by atoms with Crippen LogP contribution in [0.3, 0.4) is 0 Å². The molecule has 1 N–H and O–H groups in total. The van der Waals surface area contributed by atoms with Crippen LogP contribution < -0.4 is 5.32 Å². The van der Waals surface area contributed by atoms with Crippen LogP contribution >= 0.6 is 12.4 Å². The first-order chi connectivity index (χ1) is 10.1. The third kappa shape index (κ3) is 4.02. The quantitative estimate of drug-likeness (QED) is 0.923. The van der Waals surface area contributed by atoms with Gasteiger partial charge in [-0.3, -0.25) is 4.79 Å². The van der Waals surface area contributed by atoms with E-state index in [0.717, 1.165) is 32.5 Å². The fourth-order valence-electron chi connectivity index (χ4n) is 3.18. The first kappa shape index (κ1) is 17.3. The van der Waals surface area contributed by atoms with Gasteiger partial charge in [-0.05, 0) is 69.3 Å². The molecular formula is C18H27ClN2O. The van der Waals surface area contributed by atoms with Crippen molar-refractivity contribution >= 4 is 18.3 Å². The van der Waals surface area contributed by atoms with E-state index in [1.54, 1.807) is 0 Å². The summed E-state index contributed by atoms with van der Waals surface area (Å²) < 4.78 is 0. The van der Waals surface area contributed by atoms with Crippen molar-refractivity contribution < 1.29 is 4.79 Å². The van der Waals surface area contributed by atoms with Gasteiger partial charge in [0.1, 0.15) is 0 Å². The zero-order valence-corrected chi connectivity index (χ0v) is 14.4. The molecule has 1 amide bonds. The molecule has 1 aromatic rings. The van der Waals surface area contributed by atoms with Crippen molar-refractivity contribution in [3.8, 4) is 0 Å². The Balaban J connectivity index is 0.00000176. The molecule has 1 aliphatic carbocycles. The second kappa shape index (κ2) is 7.47. The maximum atomic E-state index is 12.8. The molecule has 2 fully saturated rings. The van der Waals surface area contributed by atoms with Crippen LogP contribution in [0.15, 0.2) is 18.2 Å². The highest BCUT2D eigenvalue weighted by atomic mass is 35.5. The Hall–Kier alpha value is -1.06. The van der Waals surface area contributed by atoms with E-state index in [9.17, 15) is 4.79 Å². The van der Waals surface area contributed by atoms with Crippen LogP contribution in [-0.2, 0) is 11.3 Å². The van der Waals surface area contributed by atoms with Crippen molar-refractivity contribution in [2.75, 3.05) is 13.1 Å². The molecule has 22 heavy (non-hydrogen) atoms. The number of carbonyl (C=O) groups is 1. The van der Waals surface area contributed by atoms with Crippen molar-refractivity contribution in [2.45, 2.75) is 52.1 Å². The van der Waals surface area contributed by atoms with Gasteiger partial charge in [-0.15, -0.1) is 12.4 Å². The standard InChI is InChI=1S/C18H26N2O.ClH/c1-13-3-4-15(11-14(13)2)12-20(17-5-6-17)18(21)16-7-9-19-10-8-16;/h3-4,11,16-17,19H,5-10,12H2,1-2H3;1H. The van der Waals surface area contributed by atoms with Gasteiger partial charge < -0.3 is 10.2 Å². The maximum absolute atomic E-state index is 12.8. The van der Waals surface area contributed by atoms with Gasteiger partial charge in [-0.2, -0.15) is 0 Å². The molecule has 0 unspecified atom stereocenters. The lowest BCUT2D eigenvalue weighted by Gasteiger charge is -2.30. The minimum atomic E-state index is 0. The predicted octanol–water partition coefficient (Wildman–Crippen LogP) is 3.22. The van der Waals surface area contributed by atoms with Crippen LogP contribution in [0.2, 0.25) is 0 Å². The van der Waals surface area contributed by atoms with E-state index in [1.165, 1.54) is 29.5 Å². The summed E-state index contributed by atoms with van der Waals surface area (Å²) in [6.45, 7) is 7.04. The molecule has 1 aliphatic heterocycles. The minimum Gasteiger partial charge on any atom is -0.335 e. The molecule has 0 spiro atoms. The van der Waals surface area contributed by atoms with E-state index in [4.69, 9.17) is 0 Å². The van der Waals surface area contributed by atoms with Crippen LogP contribution in [0, 0.1) is 19.8 Å². The summed E-state index contributed by atoms with van der Waals surface area (Å²) in [4.78, 5) is 15.0. The largest absolute Gasteiger partial charge is 0.335 e. The van der Waals surface area contributed by atoms with Crippen LogP contribution in [-0.4, -0.2) is 29.9 Å². The van der Waals surface area contributed by atoms with E-state index >= 15 is 0 Å². The number of hydrogen-bond acceptors (Lipinski definition) is 2. The summed E-state index contributed by atoms with van der Waals surface area (Å²) in [7, 11) is 0. The number of nitrogens with zero attached hydrogens (tertiary/aromatic N) is 1. The van der Waals surface area contributed by atoms with Crippen LogP contribution in [0.5, 0.6) is 0 Å². The van der Waals surface area contributed by atoms with Crippen molar-refractivity contribution in [2.24, 2.45) is 5.92 Å². The molecule has 1 heterocycles. The van der Waals surface area contributed by atoms with Gasteiger partial charge in [0.15, 0.2) is 0 Å². The molecule has 0 atom stereocenters. The van der Waals surface area contributed by atoms with Gasteiger partial charge in [0.25, 0.3) is 0 Å². The molecule has 1 saturated heterocycles. The molecule has 3 nitrogen and oxygen atoms in total. The number of benzene rings is 1. The normalized spacial score (nSPS) is 18.6. The van der Waals surface area contributed by atoms with Gasteiger partial charge in [0, 0.05) is 18.5 Å². The van der Waals surface area contributed by atoms with Crippen LogP contribution in [0.1, 0.15) is 42.4 Å². The molecule has 122 valence electrons. The monoisotopic (exact) mass is 322 g/mol. The second-order valence-corrected chi connectivity index (χ2v) is 6.64. The van der Waals surface area contributed by atoms with Crippen molar-refractivity contribution in [3.05, 3.63) is 34.9 Å². The zero-order valence-electron chi connectivity index (χ0n) is 13.6. The number of piperidine rings is 1. The first-order valence-corrected chi connectivity index (χ1v) is 8.22. The van der Waals surface area contributed by atoms with E-state index < -0.39 is 0 Å². The number of nitrogens with one attached hydrogen (secondary N) is 1. The van der Waals surface area contributed by atoms with Gasteiger partial charge in [0.05, 0.1) is 0 Å². The van der Waals surface area contributed by atoms with Crippen LogP contribution in [0.4, 0.5) is 0 Å². The third-order valence-corrected chi connectivity index (χ3v) is 4.88. The lowest BCUT2D eigenvalue weighted by atomic mass is 9.96. The van der Waals surface area contributed by atoms with Crippen LogP contribution in [0.25, 0.3) is 0 Å². The summed E-state index contributed by atoms with van der Waals surface area (Å²) in [6.07, 6.45) is 4.35. The first-order valence-electron chi connectivity index (χ1n) is 8.22. The number of halogens is 1. The second-order valence-electron chi connectivity index (χ2n) is 6.64. The molecular weight excluding hydrogens is 296 g/mol. The molecule has 3 rings (SSSR count). The van der Waals surface area contributed by atoms with Crippen molar-refractivity contribution in [1.29, 1.82) is 0 Å². The summed E-state index contributed by atoms with van der Waals surface area (Å²) in [5.74, 6) is 0.621. The summed E-state index contributed by atoms with van der Waals surface area (Å²) >= 11 is 0. The van der Waals surface area contributed by atoms with Crippen molar-refractivity contribution in [3.63, 3.8) is 0 Å². The van der Waals surface area contributed by atoms with E-state index in [-0.39, 0.29) is 18.3 Å². The van der Waals surface area contributed by atoms with E-state index in [0.29, 0.717) is 11.9 Å².